The Hall–Kier alpha value is -3.54. The van der Waals surface area contributed by atoms with Crippen molar-refractivity contribution in [2.24, 2.45) is 5.73 Å². The van der Waals surface area contributed by atoms with Gasteiger partial charge in [0.05, 0.1) is 30.7 Å². The summed E-state index contributed by atoms with van der Waals surface area (Å²) in [7, 11) is 0. The Morgan fingerprint density at radius 3 is 2.71 bits per heavy atom. The van der Waals surface area contributed by atoms with E-state index in [9.17, 15) is 9.90 Å². The van der Waals surface area contributed by atoms with Gasteiger partial charge in [0.25, 0.3) is 5.91 Å². The molecule has 0 aliphatic carbocycles. The Bertz CT molecular complexity index is 1340. The number of hydrogen-bond donors (Lipinski definition) is 3. The molecule has 5 heterocycles. The van der Waals surface area contributed by atoms with Crippen LogP contribution in [0.3, 0.4) is 0 Å². The Labute approximate surface area is 200 Å². The van der Waals surface area contributed by atoms with Gasteiger partial charge in [-0.05, 0) is 44.2 Å². The van der Waals surface area contributed by atoms with E-state index in [2.05, 4.69) is 25.3 Å². The highest BCUT2D eigenvalue weighted by Crippen LogP contribution is 2.37. The highest BCUT2D eigenvalue weighted by molar-refractivity contribution is 7.19. The first-order chi connectivity index (χ1) is 16.3. The van der Waals surface area contributed by atoms with E-state index in [4.69, 9.17) is 10.5 Å². The van der Waals surface area contributed by atoms with E-state index in [1.807, 2.05) is 12.1 Å². The summed E-state index contributed by atoms with van der Waals surface area (Å²) >= 11 is 1.40. The van der Waals surface area contributed by atoms with E-state index in [1.54, 1.807) is 49.0 Å². The number of rotatable bonds is 6. The second-order valence-electron chi connectivity index (χ2n) is 8.55. The number of thiophene rings is 1. The number of amides is 1. The van der Waals surface area contributed by atoms with Gasteiger partial charge in [0, 0.05) is 29.7 Å². The minimum Gasteiger partial charge on any atom is -0.384 e. The standard InChI is InChI=1S/C23H25N7O3S/c1-23(2,32)17-13-30-20(26-17)6-4-18(28-30)27-22-15(21(24)31)11-16(34-22)14-3-5-19(25-12-14)29-7-9-33-10-8-29/h3-6,11-13,32H,7-10H2,1-2H3,(H2,24,31)(H,27,28). The molecule has 5 rings (SSSR count). The number of hydrogen-bond acceptors (Lipinski definition) is 9. The van der Waals surface area contributed by atoms with Gasteiger partial charge in [-0.15, -0.1) is 16.4 Å². The Morgan fingerprint density at radius 2 is 2.03 bits per heavy atom. The van der Waals surface area contributed by atoms with Crippen LogP contribution in [0.4, 0.5) is 16.6 Å². The quantitative estimate of drug-likeness (QED) is 0.385. The van der Waals surface area contributed by atoms with Crippen molar-refractivity contribution in [2.45, 2.75) is 19.4 Å². The molecule has 0 saturated carbocycles. The van der Waals surface area contributed by atoms with Crippen LogP contribution in [0, 0.1) is 0 Å². The molecule has 34 heavy (non-hydrogen) atoms. The molecule has 1 fully saturated rings. The van der Waals surface area contributed by atoms with Crippen molar-refractivity contribution in [1.82, 2.24) is 19.6 Å². The molecule has 1 aliphatic heterocycles. The number of nitrogens with one attached hydrogen (secondary N) is 1. The second kappa shape index (κ2) is 8.67. The van der Waals surface area contributed by atoms with Crippen LogP contribution in [0.2, 0.25) is 0 Å². The molecule has 0 spiro atoms. The molecule has 1 aliphatic rings. The average molecular weight is 480 g/mol. The van der Waals surface area contributed by atoms with Crippen molar-refractivity contribution in [2.75, 3.05) is 36.5 Å². The normalized spacial score (nSPS) is 14.5. The first-order valence-electron chi connectivity index (χ1n) is 10.9. The molecule has 176 valence electrons. The lowest BCUT2D eigenvalue weighted by atomic mass is 10.1. The lowest BCUT2D eigenvalue weighted by molar-refractivity contribution is 0.0743. The number of imidazole rings is 1. The van der Waals surface area contributed by atoms with E-state index in [0.29, 0.717) is 40.9 Å². The molecule has 0 unspecified atom stereocenters. The number of pyridine rings is 1. The molecule has 4 N–H and O–H groups in total. The molecule has 4 aromatic rings. The van der Waals surface area contributed by atoms with Gasteiger partial charge in [-0.2, -0.15) is 0 Å². The molecule has 0 atom stereocenters. The minimum absolute atomic E-state index is 0.377. The fourth-order valence-electron chi connectivity index (χ4n) is 3.68. The number of anilines is 3. The van der Waals surface area contributed by atoms with Gasteiger partial charge in [-0.3, -0.25) is 4.79 Å². The largest absolute Gasteiger partial charge is 0.384 e. The van der Waals surface area contributed by atoms with Crippen LogP contribution < -0.4 is 16.0 Å². The van der Waals surface area contributed by atoms with Crippen molar-refractivity contribution < 1.29 is 14.6 Å². The summed E-state index contributed by atoms with van der Waals surface area (Å²) in [6.45, 7) is 6.37. The SMILES string of the molecule is CC(C)(O)c1cn2nc(Nc3sc(-c4ccc(N5CCOCC5)nc4)cc3C(N)=O)ccc2n1. The maximum Gasteiger partial charge on any atom is 0.251 e. The van der Waals surface area contributed by atoms with Crippen LogP contribution in [0.15, 0.2) is 42.7 Å². The number of ether oxygens (including phenoxy) is 1. The number of primary amides is 1. The molecule has 1 saturated heterocycles. The predicted octanol–water partition coefficient (Wildman–Crippen LogP) is 2.76. The molecular weight excluding hydrogens is 454 g/mol. The highest BCUT2D eigenvalue weighted by atomic mass is 32.1. The van der Waals surface area contributed by atoms with Gasteiger partial charge >= 0.3 is 0 Å². The van der Waals surface area contributed by atoms with Crippen LogP contribution in [-0.2, 0) is 10.3 Å². The summed E-state index contributed by atoms with van der Waals surface area (Å²) in [6.07, 6.45) is 3.48. The van der Waals surface area contributed by atoms with E-state index in [-0.39, 0.29) is 0 Å². The monoisotopic (exact) mass is 479 g/mol. The number of nitrogens with two attached hydrogens (primary N) is 1. The van der Waals surface area contributed by atoms with E-state index in [1.165, 1.54) is 11.3 Å². The zero-order chi connectivity index (χ0) is 23.9. The number of fused-ring (bicyclic) bond motifs is 1. The zero-order valence-corrected chi connectivity index (χ0v) is 19.7. The summed E-state index contributed by atoms with van der Waals surface area (Å²) in [5, 5.41) is 18.5. The van der Waals surface area contributed by atoms with Crippen LogP contribution in [-0.4, -0.2) is 56.9 Å². The third-order valence-corrected chi connectivity index (χ3v) is 6.65. The lowest BCUT2D eigenvalue weighted by Crippen LogP contribution is -2.36. The third kappa shape index (κ3) is 4.45. The number of aromatic nitrogens is 4. The summed E-state index contributed by atoms with van der Waals surface area (Å²) < 4.78 is 6.99. The molecule has 11 heteroatoms. The number of carbonyl (C=O) groups is 1. The maximum absolute atomic E-state index is 12.1. The van der Waals surface area contributed by atoms with Crippen molar-refractivity contribution in [1.29, 1.82) is 0 Å². The van der Waals surface area contributed by atoms with Gasteiger partial charge in [0.15, 0.2) is 11.5 Å². The van der Waals surface area contributed by atoms with Gasteiger partial charge in [0.2, 0.25) is 0 Å². The summed E-state index contributed by atoms with van der Waals surface area (Å²) in [5.41, 5.74) is 6.97. The number of morpholine rings is 1. The molecule has 0 radical (unpaired) electrons. The summed E-state index contributed by atoms with van der Waals surface area (Å²) in [5.74, 6) is 0.889. The number of carbonyl (C=O) groups excluding carboxylic acids is 1. The summed E-state index contributed by atoms with van der Waals surface area (Å²) in [4.78, 5) is 24.2. The van der Waals surface area contributed by atoms with Crippen LogP contribution in [0.25, 0.3) is 16.1 Å². The maximum atomic E-state index is 12.1. The Balaban J connectivity index is 1.41. The molecule has 4 aromatic heterocycles. The number of aliphatic hydroxyl groups is 1. The Kier molecular flexibility index (Phi) is 5.68. The molecule has 0 aromatic carbocycles. The molecule has 10 nitrogen and oxygen atoms in total. The van der Waals surface area contributed by atoms with Gasteiger partial charge in [0.1, 0.15) is 16.4 Å². The molecule has 0 bridgehead atoms. The van der Waals surface area contributed by atoms with Crippen LogP contribution in [0.5, 0.6) is 0 Å². The van der Waals surface area contributed by atoms with Gasteiger partial charge in [-0.25, -0.2) is 14.5 Å². The van der Waals surface area contributed by atoms with Gasteiger partial charge in [-0.1, -0.05) is 0 Å². The number of nitrogens with zero attached hydrogens (tertiary/aromatic N) is 5. The van der Waals surface area contributed by atoms with Gasteiger partial charge < -0.3 is 25.8 Å². The van der Waals surface area contributed by atoms with Crippen molar-refractivity contribution in [3.05, 3.63) is 54.0 Å². The zero-order valence-electron chi connectivity index (χ0n) is 18.9. The Morgan fingerprint density at radius 1 is 1.24 bits per heavy atom. The van der Waals surface area contributed by atoms with E-state index < -0.39 is 11.5 Å². The fraction of sp³-hybridized carbons (Fsp3) is 0.304. The highest BCUT2D eigenvalue weighted by Gasteiger charge is 2.21. The second-order valence-corrected chi connectivity index (χ2v) is 9.61. The fourth-order valence-corrected chi connectivity index (χ4v) is 4.74. The predicted molar refractivity (Wildman–Crippen MR) is 131 cm³/mol. The third-order valence-electron chi connectivity index (χ3n) is 5.55. The van der Waals surface area contributed by atoms with Crippen LogP contribution in [0.1, 0.15) is 29.9 Å². The van der Waals surface area contributed by atoms with Crippen molar-refractivity contribution >= 4 is 39.5 Å². The molecule has 1 amide bonds. The van der Waals surface area contributed by atoms with Crippen molar-refractivity contribution in [3.8, 4) is 10.4 Å². The molecular formula is C23H25N7O3S. The van der Waals surface area contributed by atoms with Crippen LogP contribution >= 0.6 is 11.3 Å². The average Bonchev–Trinajstić information content (AvgIpc) is 3.44. The van der Waals surface area contributed by atoms with E-state index >= 15 is 0 Å². The van der Waals surface area contributed by atoms with E-state index in [0.717, 1.165) is 29.3 Å². The first-order valence-corrected chi connectivity index (χ1v) is 11.7. The topological polar surface area (TPSA) is 131 Å². The first kappa shape index (κ1) is 22.3. The van der Waals surface area contributed by atoms with Crippen molar-refractivity contribution in [3.63, 3.8) is 0 Å². The minimum atomic E-state index is -1.07. The lowest BCUT2D eigenvalue weighted by Gasteiger charge is -2.27. The summed E-state index contributed by atoms with van der Waals surface area (Å²) in [6, 6.07) is 9.29. The smallest absolute Gasteiger partial charge is 0.251 e.